The van der Waals surface area contributed by atoms with Gasteiger partial charge in [0.15, 0.2) is 0 Å². The van der Waals surface area contributed by atoms with Gasteiger partial charge in [0.1, 0.15) is 0 Å². The van der Waals surface area contributed by atoms with Gasteiger partial charge in [0.2, 0.25) is 0 Å². The number of nitrogens with zero attached hydrogens (tertiary/aromatic N) is 1. The van der Waals surface area contributed by atoms with Crippen LogP contribution in [0, 0.1) is 12.8 Å². The lowest BCUT2D eigenvalue weighted by molar-refractivity contribution is 0.276. The van der Waals surface area contributed by atoms with Gasteiger partial charge in [0, 0.05) is 17.1 Å². The molecule has 0 spiro atoms. The van der Waals surface area contributed by atoms with Crippen molar-refractivity contribution in [3.05, 3.63) is 16.1 Å². The highest BCUT2D eigenvalue weighted by molar-refractivity contribution is 7.11. The molecule has 2 N–H and O–H groups in total. The van der Waals surface area contributed by atoms with Crippen molar-refractivity contribution >= 4 is 11.3 Å². The van der Waals surface area contributed by atoms with E-state index in [4.69, 9.17) is 5.73 Å². The second-order valence-electron chi connectivity index (χ2n) is 4.63. The van der Waals surface area contributed by atoms with Crippen LogP contribution in [0.5, 0.6) is 0 Å². The standard InChI is InChI=1S/C12H20N2S/c1-3-9-4-5-10(13)6-11(9)12-7-14-8(2)15-12/h7,9-11H,3-6,13H2,1-2H3. The number of nitrogens with two attached hydrogens (primary N) is 1. The molecule has 0 aromatic carbocycles. The van der Waals surface area contributed by atoms with Crippen molar-refractivity contribution in [1.29, 1.82) is 0 Å². The van der Waals surface area contributed by atoms with Gasteiger partial charge in [-0.3, -0.25) is 0 Å². The fourth-order valence-electron chi connectivity index (χ4n) is 2.65. The number of hydrogen-bond donors (Lipinski definition) is 1. The van der Waals surface area contributed by atoms with E-state index in [0.29, 0.717) is 12.0 Å². The topological polar surface area (TPSA) is 38.9 Å². The minimum absolute atomic E-state index is 0.403. The summed E-state index contributed by atoms with van der Waals surface area (Å²) in [6.45, 7) is 4.38. The Balaban J connectivity index is 2.16. The van der Waals surface area contributed by atoms with Gasteiger partial charge in [-0.25, -0.2) is 4.98 Å². The van der Waals surface area contributed by atoms with Crippen molar-refractivity contribution in [3.8, 4) is 0 Å². The first-order valence-electron chi connectivity index (χ1n) is 5.88. The van der Waals surface area contributed by atoms with Crippen molar-refractivity contribution in [2.45, 2.75) is 51.5 Å². The summed E-state index contributed by atoms with van der Waals surface area (Å²) in [6, 6.07) is 0.403. The first-order valence-corrected chi connectivity index (χ1v) is 6.70. The summed E-state index contributed by atoms with van der Waals surface area (Å²) in [5.74, 6) is 1.49. The fraction of sp³-hybridized carbons (Fsp3) is 0.750. The van der Waals surface area contributed by atoms with Gasteiger partial charge in [0.05, 0.1) is 5.01 Å². The summed E-state index contributed by atoms with van der Waals surface area (Å²) in [5.41, 5.74) is 6.07. The Bertz CT molecular complexity index is 321. The molecule has 3 heteroatoms. The Hall–Kier alpha value is -0.410. The summed E-state index contributed by atoms with van der Waals surface area (Å²) >= 11 is 1.85. The normalized spacial score (nSPS) is 31.8. The Morgan fingerprint density at radius 1 is 1.53 bits per heavy atom. The van der Waals surface area contributed by atoms with Crippen molar-refractivity contribution in [2.75, 3.05) is 0 Å². The third-order valence-corrected chi connectivity index (χ3v) is 4.61. The molecule has 2 nitrogen and oxygen atoms in total. The van der Waals surface area contributed by atoms with Crippen LogP contribution >= 0.6 is 11.3 Å². The van der Waals surface area contributed by atoms with E-state index < -0.39 is 0 Å². The highest BCUT2D eigenvalue weighted by atomic mass is 32.1. The summed E-state index contributed by atoms with van der Waals surface area (Å²) in [6.07, 6.45) is 6.98. The minimum Gasteiger partial charge on any atom is -0.328 e. The molecule has 1 aliphatic rings. The predicted octanol–water partition coefficient (Wildman–Crippen LogP) is 3.07. The zero-order valence-corrected chi connectivity index (χ0v) is 10.4. The summed E-state index contributed by atoms with van der Waals surface area (Å²) in [7, 11) is 0. The first kappa shape index (κ1) is 11.1. The van der Waals surface area contributed by atoms with E-state index in [9.17, 15) is 0 Å². The van der Waals surface area contributed by atoms with Crippen LogP contribution in [-0.4, -0.2) is 11.0 Å². The Kier molecular flexibility index (Phi) is 3.42. The lowest BCUT2D eigenvalue weighted by Crippen LogP contribution is -2.31. The molecule has 1 fully saturated rings. The zero-order valence-electron chi connectivity index (χ0n) is 9.57. The molecule has 1 aromatic rings. The summed E-state index contributed by atoms with van der Waals surface area (Å²) in [4.78, 5) is 5.82. The Morgan fingerprint density at radius 3 is 2.93 bits per heavy atom. The van der Waals surface area contributed by atoms with Crippen LogP contribution in [-0.2, 0) is 0 Å². The van der Waals surface area contributed by atoms with E-state index in [1.165, 1.54) is 29.1 Å². The van der Waals surface area contributed by atoms with E-state index >= 15 is 0 Å². The van der Waals surface area contributed by atoms with Crippen LogP contribution in [0.4, 0.5) is 0 Å². The molecule has 1 heterocycles. The van der Waals surface area contributed by atoms with Crippen LogP contribution in [0.2, 0.25) is 0 Å². The molecule has 0 radical (unpaired) electrons. The average Bonchev–Trinajstić information content (AvgIpc) is 2.65. The van der Waals surface area contributed by atoms with Gasteiger partial charge in [-0.05, 0) is 38.0 Å². The molecule has 15 heavy (non-hydrogen) atoms. The van der Waals surface area contributed by atoms with Gasteiger partial charge in [-0.2, -0.15) is 0 Å². The van der Waals surface area contributed by atoms with E-state index in [1.807, 2.05) is 11.3 Å². The fourth-order valence-corrected chi connectivity index (χ4v) is 3.64. The second-order valence-corrected chi connectivity index (χ2v) is 5.90. The van der Waals surface area contributed by atoms with Crippen LogP contribution in [0.3, 0.4) is 0 Å². The molecule has 3 unspecified atom stereocenters. The molecule has 0 amide bonds. The smallest absolute Gasteiger partial charge is 0.0896 e. The molecule has 2 rings (SSSR count). The van der Waals surface area contributed by atoms with Crippen LogP contribution < -0.4 is 5.73 Å². The number of rotatable bonds is 2. The van der Waals surface area contributed by atoms with Crippen molar-refractivity contribution in [3.63, 3.8) is 0 Å². The summed E-state index contributed by atoms with van der Waals surface area (Å²) < 4.78 is 0. The van der Waals surface area contributed by atoms with Crippen molar-refractivity contribution in [2.24, 2.45) is 11.7 Å². The largest absolute Gasteiger partial charge is 0.328 e. The average molecular weight is 224 g/mol. The Labute approximate surface area is 95.9 Å². The van der Waals surface area contributed by atoms with E-state index in [2.05, 4.69) is 25.0 Å². The first-order chi connectivity index (χ1) is 7.20. The lowest BCUT2D eigenvalue weighted by Gasteiger charge is -2.33. The Morgan fingerprint density at radius 2 is 2.33 bits per heavy atom. The molecular formula is C12H20N2S. The van der Waals surface area contributed by atoms with Gasteiger partial charge in [0.25, 0.3) is 0 Å². The third-order valence-electron chi connectivity index (χ3n) is 3.56. The lowest BCUT2D eigenvalue weighted by atomic mass is 9.75. The quantitative estimate of drug-likeness (QED) is 0.838. The molecule has 0 saturated heterocycles. The highest BCUT2D eigenvalue weighted by Crippen LogP contribution is 2.40. The van der Waals surface area contributed by atoms with E-state index in [-0.39, 0.29) is 0 Å². The second kappa shape index (κ2) is 4.62. The van der Waals surface area contributed by atoms with Crippen LogP contribution in [0.25, 0.3) is 0 Å². The van der Waals surface area contributed by atoms with Crippen molar-refractivity contribution in [1.82, 2.24) is 4.98 Å². The molecule has 3 atom stereocenters. The van der Waals surface area contributed by atoms with Crippen LogP contribution in [0.15, 0.2) is 6.20 Å². The highest BCUT2D eigenvalue weighted by Gasteiger charge is 2.29. The van der Waals surface area contributed by atoms with Gasteiger partial charge in [-0.1, -0.05) is 13.3 Å². The number of thiazole rings is 1. The molecule has 1 saturated carbocycles. The maximum Gasteiger partial charge on any atom is 0.0896 e. The van der Waals surface area contributed by atoms with Crippen molar-refractivity contribution < 1.29 is 0 Å². The molecule has 1 aliphatic carbocycles. The molecule has 0 bridgehead atoms. The molecule has 84 valence electrons. The maximum absolute atomic E-state index is 6.07. The monoisotopic (exact) mass is 224 g/mol. The van der Waals surface area contributed by atoms with E-state index in [0.717, 1.165) is 12.3 Å². The SMILES string of the molecule is CCC1CCC(N)CC1c1cnc(C)s1. The van der Waals surface area contributed by atoms with Gasteiger partial charge in [-0.15, -0.1) is 11.3 Å². The number of aryl methyl sites for hydroxylation is 1. The molecule has 1 aromatic heterocycles. The maximum atomic E-state index is 6.07. The minimum atomic E-state index is 0.403. The third kappa shape index (κ3) is 2.40. The van der Waals surface area contributed by atoms with E-state index in [1.54, 1.807) is 0 Å². The number of hydrogen-bond acceptors (Lipinski definition) is 3. The molecular weight excluding hydrogens is 204 g/mol. The van der Waals surface area contributed by atoms with Gasteiger partial charge < -0.3 is 5.73 Å². The van der Waals surface area contributed by atoms with Gasteiger partial charge >= 0.3 is 0 Å². The molecule has 0 aliphatic heterocycles. The predicted molar refractivity (Wildman–Crippen MR) is 65.2 cm³/mol. The number of aromatic nitrogens is 1. The summed E-state index contributed by atoms with van der Waals surface area (Å²) in [5, 5.41) is 1.18. The van der Waals surface area contributed by atoms with Crippen LogP contribution in [0.1, 0.15) is 48.4 Å². The zero-order chi connectivity index (χ0) is 10.8.